The van der Waals surface area contributed by atoms with Crippen LogP contribution in [-0.2, 0) is 5.75 Å². The van der Waals surface area contributed by atoms with Gasteiger partial charge < -0.3 is 18.7 Å². The third-order valence-corrected chi connectivity index (χ3v) is 5.24. The van der Waals surface area contributed by atoms with Gasteiger partial charge in [0.1, 0.15) is 17.1 Å². The van der Waals surface area contributed by atoms with Gasteiger partial charge in [0.2, 0.25) is 0 Å². The number of nitrogens with zero attached hydrogens (tertiary/aromatic N) is 2. The normalized spacial score (nSPS) is 11.1. The van der Waals surface area contributed by atoms with E-state index in [9.17, 15) is 9.90 Å². The minimum atomic E-state index is -0.522. The second-order valence-corrected chi connectivity index (χ2v) is 7.32. The van der Waals surface area contributed by atoms with E-state index >= 15 is 0 Å². The molecule has 29 heavy (non-hydrogen) atoms. The first kappa shape index (κ1) is 19.4. The molecule has 0 saturated heterocycles. The molecule has 0 aliphatic carbocycles. The van der Waals surface area contributed by atoms with Crippen molar-refractivity contribution in [3.8, 4) is 23.0 Å². The van der Waals surface area contributed by atoms with Crippen LogP contribution in [0.1, 0.15) is 12.5 Å². The molecule has 7 nitrogen and oxygen atoms in total. The van der Waals surface area contributed by atoms with E-state index in [0.717, 1.165) is 0 Å². The quantitative estimate of drug-likeness (QED) is 0.341. The number of aromatic hydroxyl groups is 1. The van der Waals surface area contributed by atoms with Gasteiger partial charge in [-0.1, -0.05) is 35.5 Å². The van der Waals surface area contributed by atoms with Crippen molar-refractivity contribution in [3.63, 3.8) is 0 Å². The summed E-state index contributed by atoms with van der Waals surface area (Å²) in [6.07, 6.45) is 0. The number of rotatable bonds is 6. The molecule has 0 radical (unpaired) electrons. The summed E-state index contributed by atoms with van der Waals surface area (Å²) in [5, 5.41) is 19.0. The van der Waals surface area contributed by atoms with Crippen LogP contribution < -0.4 is 10.4 Å². The molecule has 0 unspecified atom stereocenters. The minimum Gasteiger partial charge on any atom is -0.506 e. The van der Waals surface area contributed by atoms with Crippen LogP contribution in [0.15, 0.2) is 61.3 Å². The average molecular weight is 431 g/mol. The van der Waals surface area contributed by atoms with Crippen molar-refractivity contribution in [3.05, 3.63) is 63.5 Å². The van der Waals surface area contributed by atoms with Crippen LogP contribution >= 0.6 is 23.4 Å². The van der Waals surface area contributed by atoms with Crippen molar-refractivity contribution in [1.82, 2.24) is 10.2 Å². The Morgan fingerprint density at radius 1 is 1.17 bits per heavy atom. The highest BCUT2D eigenvalue weighted by Gasteiger charge is 2.15. The predicted octanol–water partition coefficient (Wildman–Crippen LogP) is 4.89. The zero-order chi connectivity index (χ0) is 20.4. The fourth-order valence-electron chi connectivity index (χ4n) is 2.80. The zero-order valence-electron chi connectivity index (χ0n) is 15.2. The number of hydrogen-bond donors (Lipinski definition) is 1. The number of halogens is 1. The van der Waals surface area contributed by atoms with Gasteiger partial charge in [0.25, 0.3) is 11.1 Å². The Bertz CT molecular complexity index is 1240. The average Bonchev–Trinajstić information content (AvgIpc) is 3.17. The molecule has 0 aliphatic heterocycles. The van der Waals surface area contributed by atoms with Gasteiger partial charge in [-0.15, -0.1) is 10.2 Å². The maximum atomic E-state index is 11.8. The van der Waals surface area contributed by atoms with Gasteiger partial charge in [-0.25, -0.2) is 4.79 Å². The van der Waals surface area contributed by atoms with E-state index in [4.69, 9.17) is 25.2 Å². The molecular weight excluding hydrogens is 416 g/mol. The van der Waals surface area contributed by atoms with Crippen molar-refractivity contribution < 1.29 is 18.7 Å². The van der Waals surface area contributed by atoms with E-state index in [1.807, 2.05) is 31.2 Å². The Morgan fingerprint density at radius 2 is 2.00 bits per heavy atom. The highest BCUT2D eigenvalue weighted by atomic mass is 35.5. The molecule has 2 heterocycles. The first-order chi connectivity index (χ1) is 14.0. The molecule has 4 rings (SSSR count). The fraction of sp³-hybridized carbons (Fsp3) is 0.150. The van der Waals surface area contributed by atoms with E-state index < -0.39 is 5.63 Å². The largest absolute Gasteiger partial charge is 0.506 e. The number of phenols is 1. The number of aromatic nitrogens is 2. The van der Waals surface area contributed by atoms with Gasteiger partial charge in [-0.2, -0.15) is 0 Å². The van der Waals surface area contributed by atoms with Crippen LogP contribution in [0.2, 0.25) is 5.02 Å². The number of para-hydroxylation sites is 1. The maximum Gasteiger partial charge on any atom is 0.336 e. The molecule has 9 heteroatoms. The Hall–Kier alpha value is -2.97. The van der Waals surface area contributed by atoms with E-state index in [1.54, 1.807) is 6.07 Å². The Labute approximate surface area is 174 Å². The summed E-state index contributed by atoms with van der Waals surface area (Å²) in [5.74, 6) is 1.23. The number of benzene rings is 2. The molecule has 148 valence electrons. The van der Waals surface area contributed by atoms with Gasteiger partial charge in [-0.3, -0.25) is 0 Å². The monoisotopic (exact) mass is 430 g/mol. The van der Waals surface area contributed by atoms with Crippen LogP contribution in [0.3, 0.4) is 0 Å². The molecule has 0 aliphatic rings. The van der Waals surface area contributed by atoms with E-state index in [-0.39, 0.29) is 16.4 Å². The summed E-state index contributed by atoms with van der Waals surface area (Å²) in [7, 11) is 0. The molecule has 0 amide bonds. The summed E-state index contributed by atoms with van der Waals surface area (Å²) in [5.41, 5.74) is 1.12. The second-order valence-electron chi connectivity index (χ2n) is 5.98. The van der Waals surface area contributed by atoms with Gasteiger partial charge in [-0.05, 0) is 30.7 Å². The zero-order valence-corrected chi connectivity index (χ0v) is 16.8. The van der Waals surface area contributed by atoms with Crippen molar-refractivity contribution >= 4 is 34.3 Å². The molecule has 0 saturated carbocycles. The molecule has 0 fully saturated rings. The van der Waals surface area contributed by atoms with Crippen LogP contribution in [0.5, 0.6) is 11.5 Å². The van der Waals surface area contributed by atoms with Gasteiger partial charge >= 0.3 is 5.63 Å². The lowest BCUT2D eigenvalue weighted by Crippen LogP contribution is -2.00. The molecule has 2 aromatic heterocycles. The number of ether oxygens (including phenoxy) is 1. The topological polar surface area (TPSA) is 98.6 Å². The summed E-state index contributed by atoms with van der Waals surface area (Å²) >= 11 is 7.27. The summed E-state index contributed by atoms with van der Waals surface area (Å²) in [6, 6.07) is 11.7. The Balaban J connectivity index is 1.60. The summed E-state index contributed by atoms with van der Waals surface area (Å²) < 4.78 is 16.5. The van der Waals surface area contributed by atoms with Crippen molar-refractivity contribution in [2.45, 2.75) is 17.9 Å². The third-order valence-electron chi connectivity index (χ3n) is 4.07. The second kappa shape index (κ2) is 8.18. The van der Waals surface area contributed by atoms with Crippen molar-refractivity contribution in [2.75, 3.05) is 6.61 Å². The molecule has 0 atom stereocenters. The van der Waals surface area contributed by atoms with E-state index in [1.165, 1.54) is 23.9 Å². The van der Waals surface area contributed by atoms with Crippen LogP contribution in [-0.4, -0.2) is 21.9 Å². The standard InChI is InChI=1S/C20H15ClN2O5S/c1-2-26-16-6-4-3-5-12(16)19-22-23-20(28-19)29-10-11-7-18(25)27-17-9-15(24)14(21)8-13(11)17/h3-9,24H,2,10H2,1H3. The molecule has 4 aromatic rings. The molecule has 2 aromatic carbocycles. The lowest BCUT2D eigenvalue weighted by Gasteiger charge is -2.06. The lowest BCUT2D eigenvalue weighted by molar-refractivity contribution is 0.340. The van der Waals surface area contributed by atoms with Crippen molar-refractivity contribution in [1.29, 1.82) is 0 Å². The first-order valence-corrected chi connectivity index (χ1v) is 10.0. The van der Waals surface area contributed by atoms with E-state index in [0.29, 0.717) is 45.7 Å². The van der Waals surface area contributed by atoms with Gasteiger partial charge in [0, 0.05) is 23.3 Å². The smallest absolute Gasteiger partial charge is 0.336 e. The molecule has 0 bridgehead atoms. The Morgan fingerprint density at radius 3 is 2.83 bits per heavy atom. The van der Waals surface area contributed by atoms with Crippen LogP contribution in [0, 0.1) is 0 Å². The van der Waals surface area contributed by atoms with Gasteiger partial charge in [0.05, 0.1) is 17.2 Å². The van der Waals surface area contributed by atoms with Crippen LogP contribution in [0.4, 0.5) is 0 Å². The van der Waals surface area contributed by atoms with Gasteiger partial charge in [0.15, 0.2) is 0 Å². The fourth-order valence-corrected chi connectivity index (χ4v) is 3.71. The minimum absolute atomic E-state index is 0.151. The maximum absolute atomic E-state index is 11.8. The summed E-state index contributed by atoms with van der Waals surface area (Å²) in [6.45, 7) is 2.42. The van der Waals surface area contributed by atoms with Crippen LogP contribution in [0.25, 0.3) is 22.4 Å². The van der Waals surface area contributed by atoms with Crippen molar-refractivity contribution in [2.24, 2.45) is 0 Å². The summed E-state index contributed by atoms with van der Waals surface area (Å²) in [4.78, 5) is 11.8. The Kier molecular flexibility index (Phi) is 5.46. The molecule has 1 N–H and O–H groups in total. The SMILES string of the molecule is CCOc1ccccc1-c1nnc(SCc2cc(=O)oc3cc(O)c(Cl)cc23)o1. The predicted molar refractivity (Wildman–Crippen MR) is 110 cm³/mol. The number of hydrogen-bond acceptors (Lipinski definition) is 8. The molecule has 0 spiro atoms. The lowest BCUT2D eigenvalue weighted by atomic mass is 10.1. The highest BCUT2D eigenvalue weighted by Crippen LogP contribution is 2.34. The molecular formula is C20H15ClN2O5S. The number of thioether (sulfide) groups is 1. The first-order valence-electron chi connectivity index (χ1n) is 8.69. The van der Waals surface area contributed by atoms with E-state index in [2.05, 4.69) is 10.2 Å². The highest BCUT2D eigenvalue weighted by molar-refractivity contribution is 7.98. The number of phenolic OH excluding ortho intramolecular Hbond substituents is 1. The number of fused-ring (bicyclic) bond motifs is 1. The third kappa shape index (κ3) is 4.08.